The van der Waals surface area contributed by atoms with E-state index >= 15 is 0 Å². The third kappa shape index (κ3) is 5.35. The van der Waals surface area contributed by atoms with E-state index < -0.39 is 0 Å². The van der Waals surface area contributed by atoms with Crippen molar-refractivity contribution in [2.24, 2.45) is 0 Å². The monoisotopic (exact) mass is 290 g/mol. The lowest BCUT2D eigenvalue weighted by Gasteiger charge is -2.33. The smallest absolute Gasteiger partial charge is 0.0417 e. The molecule has 2 nitrogen and oxygen atoms in total. The molecule has 0 saturated heterocycles. The minimum absolute atomic E-state index is 0.457. The van der Waals surface area contributed by atoms with Crippen molar-refractivity contribution in [1.29, 1.82) is 0 Å². The van der Waals surface area contributed by atoms with Crippen LogP contribution in [0.3, 0.4) is 0 Å². The molecule has 1 aromatic rings. The number of nitrogens with one attached hydrogen (secondary N) is 1. The molecule has 2 heteroatoms. The molecule has 120 valence electrons. The highest BCUT2D eigenvalue weighted by Gasteiger charge is 2.18. The van der Waals surface area contributed by atoms with Gasteiger partial charge < -0.3 is 10.2 Å². The van der Waals surface area contributed by atoms with Gasteiger partial charge in [0.25, 0.3) is 0 Å². The zero-order valence-electron chi connectivity index (χ0n) is 14.7. The number of para-hydroxylation sites is 1. The third-order valence-electron chi connectivity index (χ3n) is 4.11. The third-order valence-corrected chi connectivity index (χ3v) is 4.11. The summed E-state index contributed by atoms with van der Waals surface area (Å²) >= 11 is 0. The van der Waals surface area contributed by atoms with Crippen molar-refractivity contribution < 1.29 is 0 Å². The Morgan fingerprint density at radius 3 is 2.33 bits per heavy atom. The Labute approximate surface area is 131 Å². The zero-order valence-corrected chi connectivity index (χ0v) is 14.7. The summed E-state index contributed by atoms with van der Waals surface area (Å²) in [7, 11) is 0. The highest BCUT2D eigenvalue weighted by Crippen LogP contribution is 2.29. The summed E-state index contributed by atoms with van der Waals surface area (Å²) in [5, 5.41) is 3.62. The van der Waals surface area contributed by atoms with Crippen molar-refractivity contribution >= 4 is 5.69 Å². The minimum atomic E-state index is 0.457. The van der Waals surface area contributed by atoms with E-state index in [0.29, 0.717) is 12.1 Å². The number of nitrogens with zero attached hydrogens (tertiary/aromatic N) is 1. The highest BCUT2D eigenvalue weighted by molar-refractivity contribution is 5.55. The molecule has 1 aromatic carbocycles. The van der Waals surface area contributed by atoms with Crippen LogP contribution >= 0.6 is 0 Å². The van der Waals surface area contributed by atoms with Gasteiger partial charge in [0.05, 0.1) is 0 Å². The van der Waals surface area contributed by atoms with Crippen molar-refractivity contribution in [3.8, 4) is 0 Å². The maximum atomic E-state index is 3.62. The molecular weight excluding hydrogens is 256 g/mol. The molecule has 0 aliphatic heterocycles. The minimum Gasteiger partial charge on any atom is -0.369 e. The van der Waals surface area contributed by atoms with Gasteiger partial charge >= 0.3 is 0 Å². The van der Waals surface area contributed by atoms with E-state index in [1.807, 2.05) is 0 Å². The number of anilines is 1. The fraction of sp³-hybridized carbons (Fsp3) is 0.684. The van der Waals surface area contributed by atoms with Crippen LogP contribution in [-0.4, -0.2) is 19.1 Å². The van der Waals surface area contributed by atoms with Gasteiger partial charge in [-0.05, 0) is 44.9 Å². The van der Waals surface area contributed by atoms with Crippen molar-refractivity contribution in [3.63, 3.8) is 0 Å². The Morgan fingerprint density at radius 1 is 1.05 bits per heavy atom. The number of hydrogen-bond acceptors (Lipinski definition) is 2. The van der Waals surface area contributed by atoms with Gasteiger partial charge in [0.1, 0.15) is 0 Å². The average Bonchev–Trinajstić information content (AvgIpc) is 2.49. The van der Waals surface area contributed by atoms with Crippen LogP contribution in [-0.2, 0) is 0 Å². The molecule has 0 radical (unpaired) electrons. The molecule has 1 N–H and O–H groups in total. The Hall–Kier alpha value is -1.02. The zero-order chi connectivity index (χ0) is 15.7. The Morgan fingerprint density at radius 2 is 1.76 bits per heavy atom. The van der Waals surface area contributed by atoms with Gasteiger partial charge in [-0.2, -0.15) is 0 Å². The Balaban J connectivity index is 3.01. The van der Waals surface area contributed by atoms with Crippen LogP contribution in [0, 0.1) is 0 Å². The first kappa shape index (κ1) is 18.0. The average molecular weight is 290 g/mol. The SMILES string of the molecule is CCCCCN(c1ccccc1C(CC)NCC)C(C)C. The maximum Gasteiger partial charge on any atom is 0.0417 e. The second kappa shape index (κ2) is 9.83. The predicted molar refractivity (Wildman–Crippen MR) is 95.2 cm³/mol. The van der Waals surface area contributed by atoms with E-state index in [1.54, 1.807) is 0 Å². The maximum absolute atomic E-state index is 3.62. The first-order valence-electron chi connectivity index (χ1n) is 8.74. The van der Waals surface area contributed by atoms with Gasteiger partial charge in [-0.15, -0.1) is 0 Å². The fourth-order valence-corrected chi connectivity index (χ4v) is 2.95. The summed E-state index contributed by atoms with van der Waals surface area (Å²) < 4.78 is 0. The van der Waals surface area contributed by atoms with E-state index in [9.17, 15) is 0 Å². The van der Waals surface area contributed by atoms with Crippen LogP contribution in [0.25, 0.3) is 0 Å². The van der Waals surface area contributed by atoms with E-state index in [2.05, 4.69) is 69.1 Å². The highest BCUT2D eigenvalue weighted by atomic mass is 15.2. The molecule has 0 aliphatic carbocycles. The summed E-state index contributed by atoms with van der Waals surface area (Å²) in [5.41, 5.74) is 2.86. The lowest BCUT2D eigenvalue weighted by atomic mass is 10.0. The van der Waals surface area contributed by atoms with Crippen LogP contribution < -0.4 is 10.2 Å². The van der Waals surface area contributed by atoms with E-state index in [0.717, 1.165) is 19.5 Å². The molecule has 1 rings (SSSR count). The van der Waals surface area contributed by atoms with Crippen LogP contribution in [0.5, 0.6) is 0 Å². The van der Waals surface area contributed by atoms with Crippen molar-refractivity contribution in [1.82, 2.24) is 5.32 Å². The van der Waals surface area contributed by atoms with Crippen LogP contribution in [0.15, 0.2) is 24.3 Å². The molecule has 21 heavy (non-hydrogen) atoms. The van der Waals surface area contributed by atoms with Crippen LogP contribution in [0.1, 0.15) is 71.9 Å². The van der Waals surface area contributed by atoms with Gasteiger partial charge in [-0.25, -0.2) is 0 Å². The lowest BCUT2D eigenvalue weighted by molar-refractivity contribution is 0.532. The molecule has 0 spiro atoms. The number of rotatable bonds is 10. The normalized spacial score (nSPS) is 12.7. The number of unbranched alkanes of at least 4 members (excludes halogenated alkanes) is 2. The number of hydrogen-bond donors (Lipinski definition) is 1. The van der Waals surface area contributed by atoms with Crippen LogP contribution in [0.2, 0.25) is 0 Å². The first-order valence-corrected chi connectivity index (χ1v) is 8.74. The summed E-state index contributed by atoms with van der Waals surface area (Å²) in [6.45, 7) is 13.5. The van der Waals surface area contributed by atoms with Gasteiger partial charge in [0.15, 0.2) is 0 Å². The summed E-state index contributed by atoms with van der Waals surface area (Å²) in [6.07, 6.45) is 5.01. The summed E-state index contributed by atoms with van der Waals surface area (Å²) in [6, 6.07) is 9.93. The van der Waals surface area contributed by atoms with E-state index in [4.69, 9.17) is 0 Å². The molecule has 0 amide bonds. The predicted octanol–water partition coefficient (Wildman–Crippen LogP) is 5.15. The van der Waals surface area contributed by atoms with Crippen molar-refractivity contribution in [2.45, 2.75) is 72.4 Å². The number of benzene rings is 1. The van der Waals surface area contributed by atoms with Crippen LogP contribution in [0.4, 0.5) is 5.69 Å². The molecule has 0 saturated carbocycles. The topological polar surface area (TPSA) is 15.3 Å². The Bertz CT molecular complexity index is 387. The van der Waals surface area contributed by atoms with Gasteiger partial charge in [-0.1, -0.05) is 51.8 Å². The molecule has 1 unspecified atom stereocenters. The van der Waals surface area contributed by atoms with E-state index in [1.165, 1.54) is 30.5 Å². The van der Waals surface area contributed by atoms with E-state index in [-0.39, 0.29) is 0 Å². The fourth-order valence-electron chi connectivity index (χ4n) is 2.95. The molecule has 1 atom stereocenters. The second-order valence-electron chi connectivity index (χ2n) is 6.07. The summed E-state index contributed by atoms with van der Waals surface area (Å²) in [4.78, 5) is 2.57. The second-order valence-corrected chi connectivity index (χ2v) is 6.07. The van der Waals surface area contributed by atoms with Gasteiger partial charge in [0.2, 0.25) is 0 Å². The Kier molecular flexibility index (Phi) is 8.44. The largest absolute Gasteiger partial charge is 0.369 e. The first-order chi connectivity index (χ1) is 10.2. The van der Waals surface area contributed by atoms with Gasteiger partial charge in [0, 0.05) is 24.3 Å². The molecule has 0 bridgehead atoms. The standard InChI is InChI=1S/C19H34N2/c1-6-9-12-15-21(16(4)5)19-14-11-10-13-17(19)18(7-2)20-8-3/h10-11,13-14,16,18,20H,6-9,12,15H2,1-5H3. The molecule has 0 fully saturated rings. The molecule has 0 heterocycles. The van der Waals surface area contributed by atoms with Crippen molar-refractivity contribution in [3.05, 3.63) is 29.8 Å². The summed E-state index contributed by atoms with van der Waals surface area (Å²) in [5.74, 6) is 0. The molecule has 0 aromatic heterocycles. The molecular formula is C19H34N2. The lowest BCUT2D eigenvalue weighted by Crippen LogP contribution is -2.34. The molecule has 0 aliphatic rings. The quantitative estimate of drug-likeness (QED) is 0.599. The van der Waals surface area contributed by atoms with Gasteiger partial charge in [-0.3, -0.25) is 0 Å². The van der Waals surface area contributed by atoms with Crippen molar-refractivity contribution in [2.75, 3.05) is 18.0 Å².